The molecule has 0 bridgehead atoms. The summed E-state index contributed by atoms with van der Waals surface area (Å²) < 4.78 is 11.5. The van der Waals surface area contributed by atoms with Crippen LogP contribution in [0.1, 0.15) is 63.6 Å². The van der Waals surface area contributed by atoms with E-state index in [2.05, 4.69) is 36.8 Å². The first-order valence-electron chi connectivity index (χ1n) is 11.4. The van der Waals surface area contributed by atoms with E-state index < -0.39 is 12.1 Å². The summed E-state index contributed by atoms with van der Waals surface area (Å²) in [5.41, 5.74) is 1.03. The largest absolute Gasteiger partial charge is 0.457 e. The average Bonchev–Trinajstić information content (AvgIpc) is 3.39. The van der Waals surface area contributed by atoms with Gasteiger partial charge >= 0.3 is 5.97 Å². The molecule has 2 aromatic carbocycles. The highest BCUT2D eigenvalue weighted by atomic mass is 16.5. The Morgan fingerprint density at radius 2 is 1.68 bits per heavy atom. The first-order valence-corrected chi connectivity index (χ1v) is 11.4. The lowest BCUT2D eigenvalue weighted by Gasteiger charge is -2.16. The highest BCUT2D eigenvalue weighted by molar-refractivity contribution is 5.80. The first kappa shape index (κ1) is 23.4. The molecule has 1 fully saturated rings. The zero-order valence-electron chi connectivity index (χ0n) is 20.1. The number of carbonyl (C=O) groups is 1. The Morgan fingerprint density at radius 3 is 2.29 bits per heavy atom. The van der Waals surface area contributed by atoms with Gasteiger partial charge in [0, 0.05) is 29.3 Å². The molecular formula is C28H29N3O3. The number of ether oxygens (including phenoxy) is 2. The molecule has 0 aliphatic heterocycles. The summed E-state index contributed by atoms with van der Waals surface area (Å²) >= 11 is 0. The predicted molar refractivity (Wildman–Crippen MR) is 128 cm³/mol. The number of hydrogen-bond donors (Lipinski definition) is 0. The van der Waals surface area contributed by atoms with E-state index in [0.29, 0.717) is 17.1 Å². The normalized spacial score (nSPS) is 19.5. The zero-order chi connectivity index (χ0) is 24.5. The van der Waals surface area contributed by atoms with Crippen molar-refractivity contribution in [2.75, 3.05) is 0 Å². The number of hydrogen-bond acceptors (Lipinski definition) is 6. The van der Waals surface area contributed by atoms with E-state index >= 15 is 0 Å². The van der Waals surface area contributed by atoms with Gasteiger partial charge in [0.1, 0.15) is 23.4 Å². The Labute approximate surface area is 200 Å². The van der Waals surface area contributed by atoms with Gasteiger partial charge in [-0.15, -0.1) is 0 Å². The molecule has 3 aromatic rings. The fourth-order valence-electron chi connectivity index (χ4n) is 4.31. The molecule has 0 N–H and O–H groups in total. The van der Waals surface area contributed by atoms with Crippen LogP contribution in [0.3, 0.4) is 0 Å². The van der Waals surface area contributed by atoms with Crippen molar-refractivity contribution < 1.29 is 14.3 Å². The second kappa shape index (κ2) is 8.90. The first-order chi connectivity index (χ1) is 16.1. The Hall–Kier alpha value is -3.72. The van der Waals surface area contributed by atoms with Crippen LogP contribution in [0.4, 0.5) is 0 Å². The average molecular weight is 456 g/mol. The van der Waals surface area contributed by atoms with Gasteiger partial charge in [-0.1, -0.05) is 65.0 Å². The molecule has 6 nitrogen and oxygen atoms in total. The monoisotopic (exact) mass is 455 g/mol. The standard InChI is InChI=1S/C28H29N3O3/c1-27(2,3)26-30-16-19(17-31-26)23-24(28(23,4)5)25(32)34-22(15-29)18-10-9-13-21(14-18)33-20-11-7-6-8-12-20/h6-14,16-17,22-24H,1-5H3/t22?,23-,24+/m1/s1. The van der Waals surface area contributed by atoms with Gasteiger partial charge in [-0.25, -0.2) is 9.97 Å². The van der Waals surface area contributed by atoms with E-state index in [0.717, 1.165) is 11.4 Å². The minimum atomic E-state index is -1.02. The van der Waals surface area contributed by atoms with Gasteiger partial charge in [0.2, 0.25) is 6.10 Å². The maximum Gasteiger partial charge on any atom is 0.311 e. The molecule has 1 aliphatic rings. The van der Waals surface area contributed by atoms with Gasteiger partial charge in [0.25, 0.3) is 0 Å². The Bertz CT molecular complexity index is 1210. The van der Waals surface area contributed by atoms with E-state index in [9.17, 15) is 10.1 Å². The summed E-state index contributed by atoms with van der Waals surface area (Å²) in [6, 6.07) is 18.5. The van der Waals surface area contributed by atoms with E-state index in [4.69, 9.17) is 9.47 Å². The molecule has 1 aliphatic carbocycles. The Kier molecular flexibility index (Phi) is 6.14. The lowest BCUT2D eigenvalue weighted by Crippen LogP contribution is -2.16. The molecule has 174 valence electrons. The smallest absolute Gasteiger partial charge is 0.311 e. The van der Waals surface area contributed by atoms with Crippen LogP contribution in [-0.4, -0.2) is 15.9 Å². The van der Waals surface area contributed by atoms with E-state index in [1.165, 1.54) is 0 Å². The third-order valence-electron chi connectivity index (χ3n) is 6.27. The fraction of sp³-hybridized carbons (Fsp3) is 0.357. The van der Waals surface area contributed by atoms with Crippen molar-refractivity contribution in [3.8, 4) is 17.6 Å². The third-order valence-corrected chi connectivity index (χ3v) is 6.27. The number of nitriles is 1. The van der Waals surface area contributed by atoms with Gasteiger partial charge in [0.15, 0.2) is 0 Å². The second-order valence-corrected chi connectivity index (χ2v) is 10.3. The molecule has 1 unspecified atom stereocenters. The number of nitrogens with zero attached hydrogens (tertiary/aromatic N) is 3. The summed E-state index contributed by atoms with van der Waals surface area (Å²) in [4.78, 5) is 22.1. The molecule has 34 heavy (non-hydrogen) atoms. The van der Waals surface area contributed by atoms with Crippen molar-refractivity contribution in [2.45, 2.75) is 52.1 Å². The van der Waals surface area contributed by atoms with Gasteiger partial charge in [-0.2, -0.15) is 5.26 Å². The highest BCUT2D eigenvalue weighted by Gasteiger charge is 2.63. The lowest BCUT2D eigenvalue weighted by molar-refractivity contribution is -0.149. The molecule has 1 heterocycles. The minimum absolute atomic E-state index is 0.0545. The van der Waals surface area contributed by atoms with Crippen LogP contribution >= 0.6 is 0 Å². The predicted octanol–water partition coefficient (Wildman–Crippen LogP) is 6.11. The van der Waals surface area contributed by atoms with Crippen molar-refractivity contribution in [1.29, 1.82) is 5.26 Å². The number of esters is 1. The van der Waals surface area contributed by atoms with Crippen molar-refractivity contribution >= 4 is 5.97 Å². The lowest BCUT2D eigenvalue weighted by atomic mass is 9.95. The van der Waals surface area contributed by atoms with Crippen molar-refractivity contribution in [3.63, 3.8) is 0 Å². The molecule has 4 rings (SSSR count). The van der Waals surface area contributed by atoms with Crippen molar-refractivity contribution in [3.05, 3.63) is 83.9 Å². The Balaban J connectivity index is 1.47. The molecule has 6 heteroatoms. The molecule has 0 amide bonds. The molecule has 1 saturated carbocycles. The van der Waals surface area contributed by atoms with Gasteiger partial charge in [-0.05, 0) is 35.2 Å². The highest BCUT2D eigenvalue weighted by Crippen LogP contribution is 2.64. The number of aromatic nitrogens is 2. The van der Waals surface area contributed by atoms with Crippen molar-refractivity contribution in [2.24, 2.45) is 11.3 Å². The van der Waals surface area contributed by atoms with Gasteiger partial charge in [0.05, 0.1) is 5.92 Å². The fourth-order valence-corrected chi connectivity index (χ4v) is 4.31. The molecular weight excluding hydrogens is 426 g/mol. The maximum atomic E-state index is 13.1. The van der Waals surface area contributed by atoms with Crippen LogP contribution in [0, 0.1) is 22.7 Å². The number of para-hydroxylation sites is 1. The van der Waals surface area contributed by atoms with Crippen molar-refractivity contribution in [1.82, 2.24) is 9.97 Å². The van der Waals surface area contributed by atoms with E-state index in [1.54, 1.807) is 36.7 Å². The van der Waals surface area contributed by atoms with Crippen LogP contribution in [0.5, 0.6) is 11.5 Å². The quantitative estimate of drug-likeness (QED) is 0.417. The summed E-state index contributed by atoms with van der Waals surface area (Å²) in [6.07, 6.45) is 2.59. The Morgan fingerprint density at radius 1 is 1.03 bits per heavy atom. The van der Waals surface area contributed by atoms with E-state index in [-0.39, 0.29) is 22.7 Å². The molecule has 0 saturated heterocycles. The number of rotatable bonds is 6. The topological polar surface area (TPSA) is 85.1 Å². The summed E-state index contributed by atoms with van der Waals surface area (Å²) in [6.45, 7) is 10.2. The molecule has 1 aromatic heterocycles. The summed E-state index contributed by atoms with van der Waals surface area (Å²) in [5, 5.41) is 9.74. The van der Waals surface area contributed by atoms with Gasteiger partial charge in [-0.3, -0.25) is 4.79 Å². The summed E-state index contributed by atoms with van der Waals surface area (Å²) in [7, 11) is 0. The molecule has 3 atom stereocenters. The van der Waals surface area contributed by atoms with Gasteiger partial charge < -0.3 is 9.47 Å². The molecule has 0 spiro atoms. The van der Waals surface area contributed by atoms with Crippen LogP contribution in [0.15, 0.2) is 67.0 Å². The minimum Gasteiger partial charge on any atom is -0.457 e. The maximum absolute atomic E-state index is 13.1. The van der Waals surface area contributed by atoms with E-state index in [1.807, 2.05) is 44.2 Å². The third kappa shape index (κ3) is 4.79. The van der Waals surface area contributed by atoms with Crippen LogP contribution in [-0.2, 0) is 14.9 Å². The zero-order valence-corrected chi connectivity index (χ0v) is 20.1. The second-order valence-electron chi connectivity index (χ2n) is 10.3. The van der Waals surface area contributed by atoms with Crippen LogP contribution < -0.4 is 4.74 Å². The van der Waals surface area contributed by atoms with Crippen LogP contribution in [0.2, 0.25) is 0 Å². The number of benzene rings is 2. The SMILES string of the molecule is CC(C)(C)c1ncc([C@@H]2[C@@H](C(=O)OC(C#N)c3cccc(Oc4ccccc4)c3)C2(C)C)cn1. The summed E-state index contributed by atoms with van der Waals surface area (Å²) in [5.74, 6) is 1.21. The van der Waals surface area contributed by atoms with Crippen LogP contribution in [0.25, 0.3) is 0 Å². The number of carbonyl (C=O) groups excluding carboxylic acids is 1. The molecule has 0 radical (unpaired) electrons.